The number of amides is 1. The van der Waals surface area contributed by atoms with Gasteiger partial charge < -0.3 is 5.32 Å². The molecule has 0 radical (unpaired) electrons. The van der Waals surface area contributed by atoms with Crippen LogP contribution in [0.1, 0.15) is 18.0 Å². The highest BCUT2D eigenvalue weighted by Crippen LogP contribution is 2.15. The summed E-state index contributed by atoms with van der Waals surface area (Å²) in [4.78, 5) is 13.4. The SMILES string of the molecule is O=C(CCNS(=O)(=O)c1ccccc1F)NC(Cn1nccn1)c1ccccc1. The van der Waals surface area contributed by atoms with Crippen LogP contribution in [0.15, 0.2) is 71.9 Å². The van der Waals surface area contributed by atoms with E-state index in [2.05, 4.69) is 20.2 Å². The summed E-state index contributed by atoms with van der Waals surface area (Å²) >= 11 is 0. The first-order valence-corrected chi connectivity index (χ1v) is 10.4. The first kappa shape index (κ1) is 20.6. The average Bonchev–Trinajstić information content (AvgIpc) is 3.21. The zero-order chi connectivity index (χ0) is 20.7. The third-order valence-electron chi connectivity index (χ3n) is 4.12. The summed E-state index contributed by atoms with van der Waals surface area (Å²) in [7, 11) is -4.04. The molecule has 0 aliphatic heterocycles. The van der Waals surface area contributed by atoms with Crippen molar-refractivity contribution in [2.24, 2.45) is 0 Å². The zero-order valence-corrected chi connectivity index (χ0v) is 16.2. The fraction of sp³-hybridized carbons (Fsp3) is 0.211. The first-order valence-electron chi connectivity index (χ1n) is 8.88. The van der Waals surface area contributed by atoms with Gasteiger partial charge in [-0.25, -0.2) is 17.5 Å². The quantitative estimate of drug-likeness (QED) is 0.551. The number of benzene rings is 2. The molecule has 10 heteroatoms. The second-order valence-electron chi connectivity index (χ2n) is 6.19. The monoisotopic (exact) mass is 417 g/mol. The van der Waals surface area contributed by atoms with E-state index in [4.69, 9.17) is 0 Å². The second kappa shape index (κ2) is 9.39. The van der Waals surface area contributed by atoms with Gasteiger partial charge in [0, 0.05) is 13.0 Å². The Kier molecular flexibility index (Phi) is 6.68. The highest BCUT2D eigenvalue weighted by atomic mass is 32.2. The van der Waals surface area contributed by atoms with Gasteiger partial charge in [0.15, 0.2) is 0 Å². The molecule has 2 N–H and O–H groups in total. The molecule has 1 atom stereocenters. The van der Waals surface area contributed by atoms with Crippen LogP contribution in [0.5, 0.6) is 0 Å². The predicted octanol–water partition coefficient (Wildman–Crippen LogP) is 1.64. The van der Waals surface area contributed by atoms with Crippen molar-refractivity contribution in [1.29, 1.82) is 0 Å². The van der Waals surface area contributed by atoms with Gasteiger partial charge in [-0.3, -0.25) is 4.79 Å². The largest absolute Gasteiger partial charge is 0.347 e. The molecule has 8 nitrogen and oxygen atoms in total. The van der Waals surface area contributed by atoms with Crippen LogP contribution < -0.4 is 10.0 Å². The number of hydrogen-bond acceptors (Lipinski definition) is 5. The van der Waals surface area contributed by atoms with Gasteiger partial charge in [-0.05, 0) is 17.7 Å². The van der Waals surface area contributed by atoms with Crippen LogP contribution in [0.25, 0.3) is 0 Å². The van der Waals surface area contributed by atoms with Crippen LogP contribution in [0.2, 0.25) is 0 Å². The summed E-state index contributed by atoms with van der Waals surface area (Å²) in [5.41, 5.74) is 0.866. The number of carbonyl (C=O) groups excluding carboxylic acids is 1. The van der Waals surface area contributed by atoms with Crippen molar-refractivity contribution in [1.82, 2.24) is 25.0 Å². The van der Waals surface area contributed by atoms with E-state index >= 15 is 0 Å². The van der Waals surface area contributed by atoms with E-state index in [9.17, 15) is 17.6 Å². The molecule has 0 saturated heterocycles. The van der Waals surface area contributed by atoms with Gasteiger partial charge in [-0.2, -0.15) is 15.0 Å². The molecule has 29 heavy (non-hydrogen) atoms. The molecule has 3 rings (SSSR count). The van der Waals surface area contributed by atoms with Crippen LogP contribution in [0, 0.1) is 5.82 Å². The first-order chi connectivity index (χ1) is 14.0. The van der Waals surface area contributed by atoms with Gasteiger partial charge in [0.05, 0.1) is 25.0 Å². The Morgan fingerprint density at radius 2 is 1.69 bits per heavy atom. The molecule has 0 spiro atoms. The Labute approximate surface area is 167 Å². The van der Waals surface area contributed by atoms with E-state index < -0.39 is 20.7 Å². The van der Waals surface area contributed by atoms with Gasteiger partial charge in [0.25, 0.3) is 0 Å². The predicted molar refractivity (Wildman–Crippen MR) is 104 cm³/mol. The van der Waals surface area contributed by atoms with Crippen LogP contribution in [-0.4, -0.2) is 35.9 Å². The van der Waals surface area contributed by atoms with Crippen LogP contribution in [0.4, 0.5) is 4.39 Å². The Morgan fingerprint density at radius 3 is 2.38 bits per heavy atom. The number of nitrogens with zero attached hydrogens (tertiary/aromatic N) is 3. The lowest BCUT2D eigenvalue weighted by Crippen LogP contribution is -2.35. The van der Waals surface area contributed by atoms with Crippen LogP contribution >= 0.6 is 0 Å². The summed E-state index contributed by atoms with van der Waals surface area (Å²) in [6, 6.07) is 14.0. The van der Waals surface area contributed by atoms with Crippen molar-refractivity contribution in [2.45, 2.75) is 23.9 Å². The highest BCUT2D eigenvalue weighted by Gasteiger charge is 2.20. The maximum atomic E-state index is 13.7. The fourth-order valence-electron chi connectivity index (χ4n) is 2.73. The summed E-state index contributed by atoms with van der Waals surface area (Å²) in [5, 5.41) is 11.0. The molecule has 1 unspecified atom stereocenters. The van der Waals surface area contributed by atoms with E-state index in [0.29, 0.717) is 6.54 Å². The van der Waals surface area contributed by atoms with Crippen LogP contribution in [-0.2, 0) is 21.4 Å². The number of aromatic nitrogens is 3. The number of sulfonamides is 1. The Morgan fingerprint density at radius 1 is 1.03 bits per heavy atom. The van der Waals surface area contributed by atoms with Crippen molar-refractivity contribution >= 4 is 15.9 Å². The van der Waals surface area contributed by atoms with Gasteiger partial charge >= 0.3 is 0 Å². The van der Waals surface area contributed by atoms with E-state index in [0.717, 1.165) is 11.6 Å². The normalized spacial score (nSPS) is 12.4. The molecule has 2 aromatic carbocycles. The number of hydrogen-bond donors (Lipinski definition) is 2. The summed E-state index contributed by atoms with van der Waals surface area (Å²) in [5.74, 6) is -1.21. The lowest BCUT2D eigenvalue weighted by atomic mass is 10.1. The minimum absolute atomic E-state index is 0.108. The lowest BCUT2D eigenvalue weighted by molar-refractivity contribution is -0.121. The second-order valence-corrected chi connectivity index (χ2v) is 7.93. The number of halogens is 1. The van der Waals surface area contributed by atoms with Gasteiger partial charge in [0.2, 0.25) is 15.9 Å². The molecular weight excluding hydrogens is 397 g/mol. The third kappa shape index (κ3) is 5.69. The molecule has 1 aromatic heterocycles. The molecule has 152 valence electrons. The zero-order valence-electron chi connectivity index (χ0n) is 15.4. The number of rotatable bonds is 9. The van der Waals surface area contributed by atoms with Crippen LogP contribution in [0.3, 0.4) is 0 Å². The van der Waals surface area contributed by atoms with Gasteiger partial charge in [-0.1, -0.05) is 42.5 Å². The molecule has 0 bridgehead atoms. The molecule has 0 saturated carbocycles. The van der Waals surface area contributed by atoms with E-state index in [1.165, 1.54) is 23.0 Å². The van der Waals surface area contributed by atoms with Crippen molar-refractivity contribution in [3.63, 3.8) is 0 Å². The summed E-state index contributed by atoms with van der Waals surface area (Å²) < 4.78 is 40.3. The van der Waals surface area contributed by atoms with Crippen molar-refractivity contribution in [3.05, 3.63) is 78.4 Å². The molecule has 1 amide bonds. The maximum Gasteiger partial charge on any atom is 0.243 e. The maximum absolute atomic E-state index is 13.7. The highest BCUT2D eigenvalue weighted by molar-refractivity contribution is 7.89. The minimum atomic E-state index is -4.04. The fourth-order valence-corrected chi connectivity index (χ4v) is 3.84. The lowest BCUT2D eigenvalue weighted by Gasteiger charge is -2.19. The molecule has 3 aromatic rings. The van der Waals surface area contributed by atoms with E-state index in [1.807, 2.05) is 30.3 Å². The molecule has 0 fully saturated rings. The van der Waals surface area contributed by atoms with E-state index in [1.54, 1.807) is 12.4 Å². The standard InChI is InChI=1S/C19H20FN5O3S/c20-16-8-4-5-9-18(16)29(27,28)23-11-10-19(26)24-17(14-25-21-12-13-22-25)15-6-2-1-3-7-15/h1-9,12-13,17,23H,10-11,14H2,(H,24,26). The molecular formula is C19H20FN5O3S. The molecule has 1 heterocycles. The van der Waals surface area contributed by atoms with Gasteiger partial charge in [0.1, 0.15) is 10.7 Å². The Hall–Kier alpha value is -3.11. The average molecular weight is 417 g/mol. The minimum Gasteiger partial charge on any atom is -0.347 e. The smallest absolute Gasteiger partial charge is 0.243 e. The number of nitrogens with one attached hydrogen (secondary N) is 2. The summed E-state index contributed by atoms with van der Waals surface area (Å²) in [6.07, 6.45) is 2.98. The summed E-state index contributed by atoms with van der Waals surface area (Å²) in [6.45, 7) is 0.160. The topological polar surface area (TPSA) is 106 Å². The Balaban J connectivity index is 1.59. The van der Waals surface area contributed by atoms with Crippen molar-refractivity contribution in [3.8, 4) is 0 Å². The van der Waals surface area contributed by atoms with Crippen molar-refractivity contribution < 1.29 is 17.6 Å². The Bertz CT molecular complexity index is 1040. The van der Waals surface area contributed by atoms with Crippen molar-refractivity contribution in [2.75, 3.05) is 6.54 Å². The van der Waals surface area contributed by atoms with Gasteiger partial charge in [-0.15, -0.1) is 0 Å². The molecule has 0 aliphatic carbocycles. The number of carbonyl (C=O) groups is 1. The molecule has 0 aliphatic rings. The third-order valence-corrected chi connectivity index (χ3v) is 5.61. The van der Waals surface area contributed by atoms with E-state index in [-0.39, 0.29) is 24.9 Å².